The van der Waals surface area contributed by atoms with Crippen molar-refractivity contribution in [2.75, 3.05) is 19.7 Å². The number of amides is 1. The van der Waals surface area contributed by atoms with Crippen LogP contribution < -0.4 is 4.74 Å². The first-order chi connectivity index (χ1) is 15.0. The van der Waals surface area contributed by atoms with Crippen molar-refractivity contribution in [2.24, 2.45) is 17.8 Å². The van der Waals surface area contributed by atoms with Crippen molar-refractivity contribution in [2.45, 2.75) is 32.3 Å². The topological polar surface area (TPSA) is 38.8 Å². The zero-order valence-corrected chi connectivity index (χ0v) is 18.8. The Hall–Kier alpha value is -2.15. The second kappa shape index (κ2) is 9.98. The SMILES string of the molecule is O=C(OCc1ccccc1)N1CCC([C@H]2C[C@H]2CCOc2cc(F)c(Br)cc2F)CC1. The van der Waals surface area contributed by atoms with Crippen molar-refractivity contribution in [3.05, 3.63) is 64.1 Å². The van der Waals surface area contributed by atoms with Crippen LogP contribution in [0.1, 0.15) is 31.2 Å². The Morgan fingerprint density at radius 2 is 1.84 bits per heavy atom. The second-order valence-corrected chi connectivity index (χ2v) is 9.21. The minimum atomic E-state index is -0.563. The summed E-state index contributed by atoms with van der Waals surface area (Å²) in [4.78, 5) is 14.1. The molecule has 31 heavy (non-hydrogen) atoms. The molecule has 0 N–H and O–H groups in total. The molecule has 0 radical (unpaired) electrons. The number of piperidine rings is 1. The molecule has 2 aromatic rings. The third-order valence-electron chi connectivity index (χ3n) is 6.31. The second-order valence-electron chi connectivity index (χ2n) is 8.36. The molecule has 0 aromatic heterocycles. The van der Waals surface area contributed by atoms with Gasteiger partial charge in [-0.05, 0) is 71.0 Å². The van der Waals surface area contributed by atoms with Crippen molar-refractivity contribution in [3.8, 4) is 5.75 Å². The van der Waals surface area contributed by atoms with E-state index in [2.05, 4.69) is 15.9 Å². The van der Waals surface area contributed by atoms with Crippen molar-refractivity contribution in [3.63, 3.8) is 0 Å². The molecular formula is C24H26BrF2NO3. The lowest BCUT2D eigenvalue weighted by Gasteiger charge is -2.31. The van der Waals surface area contributed by atoms with Gasteiger partial charge in [-0.2, -0.15) is 0 Å². The summed E-state index contributed by atoms with van der Waals surface area (Å²) in [7, 11) is 0. The fourth-order valence-corrected chi connectivity index (χ4v) is 4.75. The number of halogens is 3. The highest BCUT2D eigenvalue weighted by Gasteiger charge is 2.43. The summed E-state index contributed by atoms with van der Waals surface area (Å²) < 4.78 is 38.4. The van der Waals surface area contributed by atoms with Crippen LogP contribution in [0, 0.1) is 29.4 Å². The van der Waals surface area contributed by atoms with E-state index in [4.69, 9.17) is 9.47 Å². The van der Waals surface area contributed by atoms with Crippen LogP contribution in [-0.2, 0) is 11.3 Å². The van der Waals surface area contributed by atoms with Crippen molar-refractivity contribution in [1.82, 2.24) is 4.90 Å². The first-order valence-corrected chi connectivity index (χ1v) is 11.5. The molecule has 2 fully saturated rings. The number of carbonyl (C=O) groups excluding carboxylic acids is 1. The average Bonchev–Trinajstić information content (AvgIpc) is 3.56. The van der Waals surface area contributed by atoms with E-state index in [0.29, 0.717) is 31.0 Å². The van der Waals surface area contributed by atoms with Gasteiger partial charge in [-0.25, -0.2) is 13.6 Å². The predicted molar refractivity (Wildman–Crippen MR) is 117 cm³/mol. The molecule has 2 aliphatic rings. The van der Waals surface area contributed by atoms with Gasteiger partial charge in [0.25, 0.3) is 0 Å². The summed E-state index contributed by atoms with van der Waals surface area (Å²) in [5, 5.41) is 0. The van der Waals surface area contributed by atoms with E-state index < -0.39 is 11.6 Å². The summed E-state index contributed by atoms with van der Waals surface area (Å²) in [6.07, 6.45) is 3.70. The summed E-state index contributed by atoms with van der Waals surface area (Å²) in [6.45, 7) is 2.12. The van der Waals surface area contributed by atoms with E-state index in [1.165, 1.54) is 0 Å². The van der Waals surface area contributed by atoms with Gasteiger partial charge in [0.05, 0.1) is 11.1 Å². The molecule has 0 bridgehead atoms. The number of rotatable bonds is 7. The largest absolute Gasteiger partial charge is 0.490 e. The lowest BCUT2D eigenvalue weighted by Crippen LogP contribution is -2.39. The highest BCUT2D eigenvalue weighted by molar-refractivity contribution is 9.10. The van der Waals surface area contributed by atoms with E-state index in [0.717, 1.165) is 56.5 Å². The summed E-state index contributed by atoms with van der Waals surface area (Å²) in [5.41, 5.74) is 0.986. The van der Waals surface area contributed by atoms with Crippen LogP contribution in [0.4, 0.5) is 13.6 Å². The molecule has 0 spiro atoms. The third-order valence-corrected chi connectivity index (χ3v) is 6.91. The van der Waals surface area contributed by atoms with Gasteiger partial charge in [0.1, 0.15) is 12.4 Å². The predicted octanol–water partition coefficient (Wildman–Crippen LogP) is 6.18. The summed E-state index contributed by atoms with van der Waals surface area (Å²) in [5.74, 6) is 0.662. The van der Waals surface area contributed by atoms with Gasteiger partial charge in [-0.1, -0.05) is 30.3 Å². The minimum absolute atomic E-state index is 0.0415. The maximum absolute atomic E-state index is 13.8. The number of carbonyl (C=O) groups is 1. The zero-order chi connectivity index (χ0) is 21.8. The highest BCUT2D eigenvalue weighted by atomic mass is 79.9. The van der Waals surface area contributed by atoms with Crippen molar-refractivity contribution >= 4 is 22.0 Å². The Balaban J connectivity index is 1.15. The molecule has 1 saturated heterocycles. The fourth-order valence-electron chi connectivity index (χ4n) is 4.44. The minimum Gasteiger partial charge on any atom is -0.490 e. The third kappa shape index (κ3) is 5.76. The maximum atomic E-state index is 13.8. The van der Waals surface area contributed by atoms with Crippen LogP contribution in [0.2, 0.25) is 0 Å². The Kier molecular flexibility index (Phi) is 7.10. The molecule has 166 valence electrons. The Morgan fingerprint density at radius 3 is 2.58 bits per heavy atom. The monoisotopic (exact) mass is 493 g/mol. The molecule has 2 atom stereocenters. The van der Waals surface area contributed by atoms with Crippen LogP contribution in [-0.4, -0.2) is 30.7 Å². The van der Waals surface area contributed by atoms with Gasteiger partial charge in [-0.3, -0.25) is 0 Å². The molecule has 1 aliphatic carbocycles. The quantitative estimate of drug-likeness (QED) is 0.432. The van der Waals surface area contributed by atoms with Crippen LogP contribution in [0.25, 0.3) is 0 Å². The number of benzene rings is 2. The highest BCUT2D eigenvalue weighted by Crippen LogP contribution is 2.49. The lowest BCUT2D eigenvalue weighted by atomic mass is 9.91. The van der Waals surface area contributed by atoms with Gasteiger partial charge in [-0.15, -0.1) is 0 Å². The smallest absolute Gasteiger partial charge is 0.410 e. The number of nitrogens with zero attached hydrogens (tertiary/aromatic N) is 1. The van der Waals surface area contributed by atoms with Crippen LogP contribution >= 0.6 is 15.9 Å². The molecule has 4 nitrogen and oxygen atoms in total. The van der Waals surface area contributed by atoms with Gasteiger partial charge in [0.2, 0.25) is 0 Å². The number of ether oxygens (including phenoxy) is 2. The normalized spacial score (nSPS) is 21.1. The summed E-state index contributed by atoms with van der Waals surface area (Å²) in [6, 6.07) is 11.8. The molecule has 7 heteroatoms. The van der Waals surface area contributed by atoms with E-state index in [-0.39, 0.29) is 16.3 Å². The standard InChI is InChI=1S/C24H26BrF2NO3/c25-20-13-22(27)23(14-21(20)26)30-11-8-18-12-19(18)17-6-9-28(10-7-17)24(29)31-15-16-4-2-1-3-5-16/h1-5,13-14,17-19H,6-12,15H2/t18-,19-/m1/s1. The first kappa shape index (κ1) is 22.1. The number of hydrogen-bond acceptors (Lipinski definition) is 3. The van der Waals surface area contributed by atoms with E-state index >= 15 is 0 Å². The van der Waals surface area contributed by atoms with E-state index in [1.54, 1.807) is 4.90 Å². The zero-order valence-electron chi connectivity index (χ0n) is 17.2. The molecule has 2 aromatic carbocycles. The Labute approximate surface area is 189 Å². The van der Waals surface area contributed by atoms with E-state index in [1.807, 2.05) is 30.3 Å². The lowest BCUT2D eigenvalue weighted by molar-refractivity contribution is 0.0796. The van der Waals surface area contributed by atoms with Gasteiger partial charge in [0.15, 0.2) is 11.6 Å². The Morgan fingerprint density at radius 1 is 1.10 bits per heavy atom. The maximum Gasteiger partial charge on any atom is 0.410 e. The van der Waals surface area contributed by atoms with Crippen molar-refractivity contribution in [1.29, 1.82) is 0 Å². The van der Waals surface area contributed by atoms with Crippen LogP contribution in [0.15, 0.2) is 46.9 Å². The van der Waals surface area contributed by atoms with E-state index in [9.17, 15) is 13.6 Å². The van der Waals surface area contributed by atoms with Crippen LogP contribution in [0.5, 0.6) is 5.75 Å². The molecule has 1 saturated carbocycles. The molecule has 0 unspecified atom stereocenters. The van der Waals surface area contributed by atoms with Gasteiger partial charge in [0, 0.05) is 19.2 Å². The van der Waals surface area contributed by atoms with Gasteiger partial charge >= 0.3 is 6.09 Å². The van der Waals surface area contributed by atoms with Crippen molar-refractivity contribution < 1.29 is 23.0 Å². The van der Waals surface area contributed by atoms with Crippen LogP contribution in [0.3, 0.4) is 0 Å². The molecule has 1 heterocycles. The number of likely N-dealkylation sites (tertiary alicyclic amines) is 1. The fraction of sp³-hybridized carbons (Fsp3) is 0.458. The summed E-state index contributed by atoms with van der Waals surface area (Å²) >= 11 is 2.96. The first-order valence-electron chi connectivity index (χ1n) is 10.7. The Bertz CT molecular complexity index is 903. The molecule has 4 rings (SSSR count). The molecule has 1 aliphatic heterocycles. The average molecular weight is 494 g/mol. The number of hydrogen-bond donors (Lipinski definition) is 0. The van der Waals surface area contributed by atoms with Gasteiger partial charge < -0.3 is 14.4 Å². The molecular weight excluding hydrogens is 468 g/mol. The molecule has 1 amide bonds.